The molecule has 0 radical (unpaired) electrons. The van der Waals surface area contributed by atoms with Crippen LogP contribution in [-0.4, -0.2) is 27.7 Å². The molecule has 1 aromatic heterocycles. The Balaban J connectivity index is 1.86. The molecule has 5 nitrogen and oxygen atoms in total. The van der Waals surface area contributed by atoms with E-state index in [4.69, 9.17) is 10.00 Å². The van der Waals surface area contributed by atoms with Crippen molar-refractivity contribution in [2.75, 3.05) is 6.61 Å². The summed E-state index contributed by atoms with van der Waals surface area (Å²) in [7, 11) is 0. The summed E-state index contributed by atoms with van der Waals surface area (Å²) in [4.78, 5) is 0. The molecule has 2 heterocycles. The molecule has 0 saturated carbocycles. The minimum absolute atomic E-state index is 0.235. The lowest BCUT2D eigenvalue weighted by Crippen LogP contribution is -2.24. The van der Waals surface area contributed by atoms with Gasteiger partial charge in [-0.25, -0.2) is 4.68 Å². The molecule has 18 heavy (non-hydrogen) atoms. The van der Waals surface area contributed by atoms with Gasteiger partial charge in [0.15, 0.2) is 0 Å². The Labute approximate surface area is 105 Å². The molecule has 2 aromatic rings. The van der Waals surface area contributed by atoms with Crippen molar-refractivity contribution in [1.29, 1.82) is 5.26 Å². The number of hydrogen-bond donors (Lipinski definition) is 0. The van der Waals surface area contributed by atoms with Crippen LogP contribution in [0.5, 0.6) is 0 Å². The molecule has 92 valence electrons. The van der Waals surface area contributed by atoms with Crippen LogP contribution in [0.3, 0.4) is 0 Å². The maximum absolute atomic E-state index is 8.84. The predicted octanol–water partition coefficient (Wildman–Crippen LogP) is 1.87. The molecule has 1 aliphatic heterocycles. The van der Waals surface area contributed by atoms with E-state index in [-0.39, 0.29) is 6.10 Å². The fourth-order valence-electron chi connectivity index (χ4n) is 2.32. The SMILES string of the molecule is N#Cc1ccc2c(c1)nnn2CC1CCCCO1. The van der Waals surface area contributed by atoms with E-state index in [0.717, 1.165) is 37.0 Å². The van der Waals surface area contributed by atoms with Crippen molar-refractivity contribution in [2.24, 2.45) is 0 Å². The Kier molecular flexibility index (Phi) is 2.95. The van der Waals surface area contributed by atoms with Gasteiger partial charge < -0.3 is 4.74 Å². The third-order valence-electron chi connectivity index (χ3n) is 3.29. The van der Waals surface area contributed by atoms with Crippen molar-refractivity contribution < 1.29 is 4.74 Å². The molecule has 1 fully saturated rings. The van der Waals surface area contributed by atoms with Crippen LogP contribution >= 0.6 is 0 Å². The van der Waals surface area contributed by atoms with Crippen molar-refractivity contribution in [3.8, 4) is 6.07 Å². The highest BCUT2D eigenvalue weighted by molar-refractivity contribution is 5.75. The van der Waals surface area contributed by atoms with Gasteiger partial charge in [-0.3, -0.25) is 0 Å². The molecule has 0 spiro atoms. The minimum atomic E-state index is 0.235. The molecule has 1 unspecified atom stereocenters. The summed E-state index contributed by atoms with van der Waals surface area (Å²) in [5, 5.41) is 17.1. The van der Waals surface area contributed by atoms with E-state index in [1.54, 1.807) is 12.1 Å². The quantitative estimate of drug-likeness (QED) is 0.806. The van der Waals surface area contributed by atoms with Crippen LogP contribution in [0.15, 0.2) is 18.2 Å². The maximum atomic E-state index is 8.84. The minimum Gasteiger partial charge on any atom is -0.376 e. The van der Waals surface area contributed by atoms with Crippen LogP contribution in [0.25, 0.3) is 11.0 Å². The molecule has 0 aliphatic carbocycles. The van der Waals surface area contributed by atoms with Gasteiger partial charge in [0, 0.05) is 6.61 Å². The number of aromatic nitrogens is 3. The molecule has 5 heteroatoms. The molecule has 1 atom stereocenters. The second-order valence-electron chi connectivity index (χ2n) is 4.58. The van der Waals surface area contributed by atoms with Gasteiger partial charge in [0.2, 0.25) is 0 Å². The topological polar surface area (TPSA) is 63.7 Å². The second kappa shape index (κ2) is 4.75. The standard InChI is InChI=1S/C13H14N4O/c14-8-10-4-5-13-12(7-10)15-16-17(13)9-11-3-1-2-6-18-11/h4-5,7,11H,1-3,6,9H2. The Morgan fingerprint density at radius 2 is 2.39 bits per heavy atom. The van der Waals surface area contributed by atoms with Crippen LogP contribution in [0.1, 0.15) is 24.8 Å². The third-order valence-corrected chi connectivity index (χ3v) is 3.29. The Morgan fingerprint density at radius 3 is 3.17 bits per heavy atom. The van der Waals surface area contributed by atoms with Gasteiger partial charge in [-0.15, -0.1) is 5.10 Å². The van der Waals surface area contributed by atoms with E-state index >= 15 is 0 Å². The highest BCUT2D eigenvalue weighted by Crippen LogP contribution is 2.17. The highest BCUT2D eigenvalue weighted by Gasteiger charge is 2.16. The normalized spacial score (nSPS) is 19.8. The van der Waals surface area contributed by atoms with Crippen LogP contribution < -0.4 is 0 Å². The van der Waals surface area contributed by atoms with E-state index in [1.165, 1.54) is 6.42 Å². The number of nitriles is 1. The molecule has 1 saturated heterocycles. The van der Waals surface area contributed by atoms with Crippen LogP contribution in [0.4, 0.5) is 0 Å². The monoisotopic (exact) mass is 242 g/mol. The second-order valence-corrected chi connectivity index (χ2v) is 4.58. The van der Waals surface area contributed by atoms with Crippen LogP contribution in [0, 0.1) is 11.3 Å². The van der Waals surface area contributed by atoms with Gasteiger partial charge in [0.1, 0.15) is 5.52 Å². The summed E-state index contributed by atoms with van der Waals surface area (Å²) >= 11 is 0. The van der Waals surface area contributed by atoms with Crippen molar-refractivity contribution in [1.82, 2.24) is 15.0 Å². The lowest BCUT2D eigenvalue weighted by atomic mass is 10.1. The molecule has 3 rings (SSSR count). The number of hydrogen-bond acceptors (Lipinski definition) is 4. The molecule has 0 amide bonds. The number of fused-ring (bicyclic) bond motifs is 1. The third kappa shape index (κ3) is 2.07. The smallest absolute Gasteiger partial charge is 0.114 e. The maximum Gasteiger partial charge on any atom is 0.114 e. The summed E-state index contributed by atoms with van der Waals surface area (Å²) in [5.41, 5.74) is 2.34. The summed E-state index contributed by atoms with van der Waals surface area (Å²) in [5.74, 6) is 0. The number of ether oxygens (including phenoxy) is 1. The van der Waals surface area contributed by atoms with Crippen LogP contribution in [0.2, 0.25) is 0 Å². The van der Waals surface area contributed by atoms with E-state index in [1.807, 2.05) is 10.7 Å². The average Bonchev–Trinajstić information content (AvgIpc) is 2.82. The Hall–Kier alpha value is -1.93. The zero-order valence-corrected chi connectivity index (χ0v) is 10.0. The van der Waals surface area contributed by atoms with Gasteiger partial charge in [0.05, 0.1) is 29.8 Å². The summed E-state index contributed by atoms with van der Waals surface area (Å²) in [6.45, 7) is 1.58. The van der Waals surface area contributed by atoms with Crippen LogP contribution in [-0.2, 0) is 11.3 Å². The fraction of sp³-hybridized carbons (Fsp3) is 0.462. The van der Waals surface area contributed by atoms with Gasteiger partial charge >= 0.3 is 0 Å². The lowest BCUT2D eigenvalue weighted by molar-refractivity contribution is 0.00443. The first-order valence-corrected chi connectivity index (χ1v) is 6.22. The fourth-order valence-corrected chi connectivity index (χ4v) is 2.32. The van der Waals surface area contributed by atoms with Gasteiger partial charge in [-0.1, -0.05) is 5.21 Å². The number of nitrogens with zero attached hydrogens (tertiary/aromatic N) is 4. The Morgan fingerprint density at radius 1 is 1.44 bits per heavy atom. The largest absolute Gasteiger partial charge is 0.376 e. The number of benzene rings is 1. The van der Waals surface area contributed by atoms with E-state index < -0.39 is 0 Å². The molecule has 0 N–H and O–H groups in total. The van der Waals surface area contributed by atoms with Crippen molar-refractivity contribution in [3.63, 3.8) is 0 Å². The van der Waals surface area contributed by atoms with Crippen molar-refractivity contribution in [2.45, 2.75) is 31.9 Å². The van der Waals surface area contributed by atoms with Gasteiger partial charge in [-0.05, 0) is 37.5 Å². The lowest BCUT2D eigenvalue weighted by Gasteiger charge is -2.22. The molecular formula is C13H14N4O. The van der Waals surface area contributed by atoms with E-state index in [2.05, 4.69) is 16.4 Å². The highest BCUT2D eigenvalue weighted by atomic mass is 16.5. The first-order chi connectivity index (χ1) is 8.86. The first kappa shape index (κ1) is 11.2. The zero-order valence-electron chi connectivity index (χ0n) is 10.0. The van der Waals surface area contributed by atoms with Crippen molar-refractivity contribution >= 4 is 11.0 Å². The summed E-state index contributed by atoms with van der Waals surface area (Å²) in [6.07, 6.45) is 3.69. The molecular weight excluding hydrogens is 228 g/mol. The summed E-state index contributed by atoms with van der Waals surface area (Å²) < 4.78 is 7.57. The van der Waals surface area contributed by atoms with Crippen molar-refractivity contribution in [3.05, 3.63) is 23.8 Å². The molecule has 1 aliphatic rings. The molecule has 1 aromatic carbocycles. The van der Waals surface area contributed by atoms with Gasteiger partial charge in [0.25, 0.3) is 0 Å². The summed E-state index contributed by atoms with van der Waals surface area (Å²) in [6, 6.07) is 7.57. The zero-order chi connectivity index (χ0) is 12.4. The van der Waals surface area contributed by atoms with E-state index in [0.29, 0.717) is 5.56 Å². The first-order valence-electron chi connectivity index (χ1n) is 6.22. The molecule has 0 bridgehead atoms. The van der Waals surface area contributed by atoms with Gasteiger partial charge in [-0.2, -0.15) is 5.26 Å². The number of rotatable bonds is 2. The average molecular weight is 242 g/mol. The Bertz CT molecular complexity index is 593. The predicted molar refractivity (Wildman–Crippen MR) is 65.8 cm³/mol. The van der Waals surface area contributed by atoms with E-state index in [9.17, 15) is 0 Å².